The summed E-state index contributed by atoms with van der Waals surface area (Å²) in [6, 6.07) is 5.83. The fourth-order valence-corrected chi connectivity index (χ4v) is 3.61. The average molecular weight is 333 g/mol. The Hall–Kier alpha value is -1.95. The topological polar surface area (TPSA) is 55.3 Å². The summed E-state index contributed by atoms with van der Waals surface area (Å²) in [5.41, 5.74) is 1.38. The third-order valence-corrected chi connectivity index (χ3v) is 5.06. The number of rotatable bonds is 4. The molecule has 24 heavy (non-hydrogen) atoms. The van der Waals surface area contributed by atoms with Crippen molar-refractivity contribution in [3.8, 4) is 11.5 Å². The summed E-state index contributed by atoms with van der Waals surface area (Å²) < 4.78 is 16.4. The molecular weight excluding hydrogens is 306 g/mol. The normalized spacial score (nSPS) is 23.8. The van der Waals surface area contributed by atoms with Gasteiger partial charge in [-0.1, -0.05) is 0 Å². The molecule has 6 heteroatoms. The van der Waals surface area contributed by atoms with Gasteiger partial charge in [-0.05, 0) is 31.0 Å². The van der Waals surface area contributed by atoms with Crippen LogP contribution in [0.15, 0.2) is 23.2 Å². The van der Waals surface area contributed by atoms with Crippen LogP contribution in [0, 0.1) is 5.41 Å². The Morgan fingerprint density at radius 1 is 1.33 bits per heavy atom. The van der Waals surface area contributed by atoms with Crippen molar-refractivity contribution in [2.24, 2.45) is 10.4 Å². The molecule has 1 aromatic rings. The number of guanidine groups is 1. The molecule has 0 bridgehead atoms. The molecule has 0 radical (unpaired) electrons. The Bertz CT molecular complexity index is 597. The van der Waals surface area contributed by atoms with E-state index < -0.39 is 0 Å². The molecule has 0 aromatic heterocycles. The molecule has 1 spiro atoms. The molecule has 6 nitrogen and oxygen atoms in total. The van der Waals surface area contributed by atoms with Gasteiger partial charge in [0.25, 0.3) is 0 Å². The number of hydrogen-bond donors (Lipinski definition) is 1. The summed E-state index contributed by atoms with van der Waals surface area (Å²) in [6.45, 7) is 4.46. The Kier molecular flexibility index (Phi) is 5.14. The minimum atomic E-state index is 0.325. The summed E-state index contributed by atoms with van der Waals surface area (Å²) in [6.07, 6.45) is 2.33. The van der Waals surface area contributed by atoms with Crippen LogP contribution in [0.4, 0.5) is 0 Å². The van der Waals surface area contributed by atoms with E-state index >= 15 is 0 Å². The number of ether oxygens (including phenoxy) is 3. The van der Waals surface area contributed by atoms with Crippen molar-refractivity contribution in [1.29, 1.82) is 0 Å². The number of benzene rings is 1. The first-order valence-electron chi connectivity index (χ1n) is 8.44. The van der Waals surface area contributed by atoms with E-state index in [1.54, 1.807) is 14.2 Å². The van der Waals surface area contributed by atoms with Crippen molar-refractivity contribution >= 4 is 5.96 Å². The molecule has 2 aliphatic heterocycles. The van der Waals surface area contributed by atoms with Crippen molar-refractivity contribution in [3.05, 3.63) is 23.8 Å². The second-order valence-electron chi connectivity index (χ2n) is 6.55. The molecule has 1 aromatic carbocycles. The SMILES string of the molecule is CN=C(NCc1cc(OC)ccc1OC)N1CCC2(CCOC2)C1. The van der Waals surface area contributed by atoms with Gasteiger partial charge in [0.1, 0.15) is 11.5 Å². The standard InChI is InChI=1S/C18H27N3O3/c1-19-17(21-8-6-18(12-21)7-9-24-13-18)20-11-14-10-15(22-2)4-5-16(14)23-3/h4-5,10H,6-9,11-13H2,1-3H3,(H,19,20). The van der Waals surface area contributed by atoms with Gasteiger partial charge in [-0.25, -0.2) is 0 Å². The first-order valence-corrected chi connectivity index (χ1v) is 8.44. The highest BCUT2D eigenvalue weighted by Crippen LogP contribution is 2.38. The smallest absolute Gasteiger partial charge is 0.193 e. The molecule has 0 aliphatic carbocycles. The van der Waals surface area contributed by atoms with Gasteiger partial charge in [-0.15, -0.1) is 0 Å². The van der Waals surface area contributed by atoms with Gasteiger partial charge in [-0.3, -0.25) is 4.99 Å². The zero-order chi connectivity index (χ0) is 17.0. The fraction of sp³-hybridized carbons (Fsp3) is 0.611. The Morgan fingerprint density at radius 2 is 2.21 bits per heavy atom. The van der Waals surface area contributed by atoms with E-state index in [-0.39, 0.29) is 0 Å². The van der Waals surface area contributed by atoms with Crippen LogP contribution in [0.25, 0.3) is 0 Å². The maximum atomic E-state index is 5.61. The molecule has 132 valence electrons. The molecule has 2 aliphatic rings. The zero-order valence-electron chi connectivity index (χ0n) is 14.8. The molecule has 2 saturated heterocycles. The van der Waals surface area contributed by atoms with Crippen LogP contribution in [0.5, 0.6) is 11.5 Å². The van der Waals surface area contributed by atoms with Crippen LogP contribution >= 0.6 is 0 Å². The Morgan fingerprint density at radius 3 is 2.88 bits per heavy atom. The summed E-state index contributed by atoms with van der Waals surface area (Å²) in [5, 5.41) is 3.46. The maximum Gasteiger partial charge on any atom is 0.193 e. The van der Waals surface area contributed by atoms with Crippen molar-refractivity contribution in [2.75, 3.05) is 47.6 Å². The first-order chi connectivity index (χ1) is 11.7. The molecule has 1 N–H and O–H groups in total. The Balaban J connectivity index is 1.65. The lowest BCUT2D eigenvalue weighted by Crippen LogP contribution is -2.41. The highest BCUT2D eigenvalue weighted by atomic mass is 16.5. The van der Waals surface area contributed by atoms with Crippen LogP contribution < -0.4 is 14.8 Å². The van der Waals surface area contributed by atoms with E-state index in [1.165, 1.54) is 6.42 Å². The number of nitrogens with one attached hydrogen (secondary N) is 1. The van der Waals surface area contributed by atoms with Gasteiger partial charge in [-0.2, -0.15) is 0 Å². The van der Waals surface area contributed by atoms with E-state index in [9.17, 15) is 0 Å². The fourth-order valence-electron chi connectivity index (χ4n) is 3.61. The molecule has 1 atom stereocenters. The third-order valence-electron chi connectivity index (χ3n) is 5.06. The van der Waals surface area contributed by atoms with Crippen molar-refractivity contribution < 1.29 is 14.2 Å². The molecule has 1 unspecified atom stereocenters. The predicted octanol–water partition coefficient (Wildman–Crippen LogP) is 1.89. The summed E-state index contributed by atoms with van der Waals surface area (Å²) in [4.78, 5) is 6.79. The molecular formula is C18H27N3O3. The van der Waals surface area contributed by atoms with Crippen LogP contribution in [-0.2, 0) is 11.3 Å². The number of likely N-dealkylation sites (tertiary alicyclic amines) is 1. The maximum absolute atomic E-state index is 5.61. The molecule has 0 amide bonds. The Labute approximate surface area is 143 Å². The van der Waals surface area contributed by atoms with E-state index in [0.717, 1.165) is 55.7 Å². The van der Waals surface area contributed by atoms with E-state index in [2.05, 4.69) is 15.2 Å². The second kappa shape index (κ2) is 7.30. The van der Waals surface area contributed by atoms with Gasteiger partial charge >= 0.3 is 0 Å². The highest BCUT2D eigenvalue weighted by molar-refractivity contribution is 5.80. The molecule has 3 rings (SSSR count). The van der Waals surface area contributed by atoms with Gasteiger partial charge in [0.05, 0.1) is 20.8 Å². The number of aliphatic imine (C=N–C) groups is 1. The van der Waals surface area contributed by atoms with Gasteiger partial charge in [0.15, 0.2) is 5.96 Å². The highest BCUT2D eigenvalue weighted by Gasteiger charge is 2.42. The molecule has 0 saturated carbocycles. The summed E-state index contributed by atoms with van der Waals surface area (Å²) in [5.74, 6) is 2.61. The lowest BCUT2D eigenvalue weighted by molar-refractivity contribution is 0.156. The summed E-state index contributed by atoms with van der Waals surface area (Å²) in [7, 11) is 5.19. The zero-order valence-corrected chi connectivity index (χ0v) is 14.8. The van der Waals surface area contributed by atoms with Crippen LogP contribution in [-0.4, -0.2) is 58.4 Å². The second-order valence-corrected chi connectivity index (χ2v) is 6.55. The predicted molar refractivity (Wildman–Crippen MR) is 93.8 cm³/mol. The third kappa shape index (κ3) is 3.43. The first kappa shape index (κ1) is 16.9. The summed E-state index contributed by atoms with van der Waals surface area (Å²) >= 11 is 0. The number of nitrogens with zero attached hydrogens (tertiary/aromatic N) is 2. The van der Waals surface area contributed by atoms with E-state index in [1.807, 2.05) is 25.2 Å². The van der Waals surface area contributed by atoms with Crippen molar-refractivity contribution in [1.82, 2.24) is 10.2 Å². The quantitative estimate of drug-likeness (QED) is 0.674. The van der Waals surface area contributed by atoms with Crippen molar-refractivity contribution in [2.45, 2.75) is 19.4 Å². The number of hydrogen-bond acceptors (Lipinski definition) is 4. The van der Waals surface area contributed by atoms with Crippen LogP contribution in [0.1, 0.15) is 18.4 Å². The minimum Gasteiger partial charge on any atom is -0.497 e. The lowest BCUT2D eigenvalue weighted by Gasteiger charge is -2.25. The van der Waals surface area contributed by atoms with Crippen molar-refractivity contribution in [3.63, 3.8) is 0 Å². The van der Waals surface area contributed by atoms with E-state index in [0.29, 0.717) is 12.0 Å². The van der Waals surface area contributed by atoms with Gasteiger partial charge in [0.2, 0.25) is 0 Å². The van der Waals surface area contributed by atoms with Crippen LogP contribution in [0.3, 0.4) is 0 Å². The molecule has 2 fully saturated rings. The largest absolute Gasteiger partial charge is 0.497 e. The van der Waals surface area contributed by atoms with E-state index in [4.69, 9.17) is 14.2 Å². The number of methoxy groups -OCH3 is 2. The molecule has 2 heterocycles. The monoisotopic (exact) mass is 333 g/mol. The van der Waals surface area contributed by atoms with Gasteiger partial charge < -0.3 is 24.4 Å². The lowest BCUT2D eigenvalue weighted by atomic mass is 9.87. The van der Waals surface area contributed by atoms with Gasteiger partial charge in [0, 0.05) is 44.3 Å². The minimum absolute atomic E-state index is 0.325. The van der Waals surface area contributed by atoms with Crippen LogP contribution in [0.2, 0.25) is 0 Å². The average Bonchev–Trinajstić information content (AvgIpc) is 3.25.